The summed E-state index contributed by atoms with van der Waals surface area (Å²) in [7, 11) is 1.80. The van der Waals surface area contributed by atoms with E-state index in [4.69, 9.17) is 17.3 Å². The molecular weight excluding hydrogens is 296 g/mol. The van der Waals surface area contributed by atoms with Gasteiger partial charge in [0.2, 0.25) is 0 Å². The number of nitrogen functional groups attached to an aromatic ring is 1. The zero-order valence-corrected chi connectivity index (χ0v) is 12.7. The van der Waals surface area contributed by atoms with E-state index in [0.29, 0.717) is 24.7 Å². The first-order chi connectivity index (χ1) is 9.60. The first-order valence-electron chi connectivity index (χ1n) is 6.34. The van der Waals surface area contributed by atoms with E-state index in [2.05, 4.69) is 5.10 Å². The number of rotatable bonds is 2. The summed E-state index contributed by atoms with van der Waals surface area (Å²) in [5.41, 5.74) is 8.73. The van der Waals surface area contributed by atoms with Crippen molar-refractivity contribution in [3.05, 3.63) is 34.0 Å². The maximum atomic E-state index is 12.4. The summed E-state index contributed by atoms with van der Waals surface area (Å²) in [5.74, 6) is 0.405. The molecule has 7 heteroatoms. The molecule has 2 N–H and O–H groups in total. The summed E-state index contributed by atoms with van der Waals surface area (Å²) in [4.78, 5) is 15.3. The molecule has 0 fully saturated rings. The van der Waals surface area contributed by atoms with Crippen molar-refractivity contribution in [3.63, 3.8) is 0 Å². The predicted octanol–water partition coefficient (Wildman–Crippen LogP) is 2.00. The number of amides is 1. The number of nitrogens with two attached hydrogens (primary N) is 1. The quantitative estimate of drug-likeness (QED) is 0.863. The Morgan fingerprint density at radius 2 is 2.40 bits per heavy atom. The molecular formula is C13H15ClN4OS. The zero-order valence-electron chi connectivity index (χ0n) is 11.1. The van der Waals surface area contributed by atoms with E-state index in [-0.39, 0.29) is 5.91 Å². The number of anilines is 1. The summed E-state index contributed by atoms with van der Waals surface area (Å²) >= 11 is 7.48. The van der Waals surface area contributed by atoms with Gasteiger partial charge in [-0.1, -0.05) is 0 Å². The number of nitrogens with zero attached hydrogens (tertiary/aromatic N) is 3. The van der Waals surface area contributed by atoms with E-state index < -0.39 is 0 Å². The van der Waals surface area contributed by atoms with Gasteiger partial charge >= 0.3 is 0 Å². The highest BCUT2D eigenvalue weighted by Crippen LogP contribution is 2.36. The van der Waals surface area contributed by atoms with Crippen LogP contribution in [0.15, 0.2) is 12.3 Å². The minimum atomic E-state index is -0.0318. The molecule has 0 saturated heterocycles. The maximum Gasteiger partial charge on any atom is 0.274 e. The first kappa shape index (κ1) is 13.5. The van der Waals surface area contributed by atoms with Crippen LogP contribution < -0.4 is 5.73 Å². The normalized spacial score (nSPS) is 14.4. The Balaban J connectivity index is 1.84. The zero-order chi connectivity index (χ0) is 14.3. The molecule has 5 nitrogen and oxygen atoms in total. The number of aromatic nitrogens is 2. The number of hydrogen-bond acceptors (Lipinski definition) is 4. The third kappa shape index (κ3) is 2.19. The van der Waals surface area contributed by atoms with Crippen molar-refractivity contribution in [2.24, 2.45) is 7.05 Å². The van der Waals surface area contributed by atoms with E-state index in [9.17, 15) is 4.79 Å². The molecule has 106 valence electrons. The van der Waals surface area contributed by atoms with Crippen molar-refractivity contribution < 1.29 is 4.79 Å². The molecule has 0 atom stereocenters. The second-order valence-corrected chi connectivity index (χ2v) is 6.24. The SMILES string of the molecule is Cn1ccc(C(=O)N2CCc3c(sc(N)c3CCl)C2)n1. The van der Waals surface area contributed by atoms with Crippen molar-refractivity contribution in [2.75, 3.05) is 12.3 Å². The lowest BCUT2D eigenvalue weighted by atomic mass is 10.0. The topological polar surface area (TPSA) is 64.2 Å². The number of fused-ring (bicyclic) bond motifs is 1. The number of carbonyl (C=O) groups is 1. The van der Waals surface area contributed by atoms with Crippen molar-refractivity contribution >= 4 is 33.8 Å². The van der Waals surface area contributed by atoms with Gasteiger partial charge in [-0.05, 0) is 18.1 Å². The fourth-order valence-corrected chi connectivity index (χ4v) is 4.04. The molecule has 3 rings (SSSR count). The number of aryl methyl sites for hydroxylation is 1. The average Bonchev–Trinajstić information content (AvgIpc) is 2.99. The number of carbonyl (C=O) groups excluding carboxylic acids is 1. The summed E-state index contributed by atoms with van der Waals surface area (Å²) in [6.07, 6.45) is 2.58. The summed E-state index contributed by atoms with van der Waals surface area (Å²) in [6, 6.07) is 1.74. The fraction of sp³-hybridized carbons (Fsp3) is 0.385. The predicted molar refractivity (Wildman–Crippen MR) is 79.9 cm³/mol. The minimum Gasteiger partial charge on any atom is -0.390 e. The number of hydrogen-bond donors (Lipinski definition) is 1. The Kier molecular flexibility index (Phi) is 3.43. The molecule has 0 aliphatic carbocycles. The van der Waals surface area contributed by atoms with E-state index in [0.717, 1.165) is 21.9 Å². The number of alkyl halides is 1. The Hall–Kier alpha value is -1.53. The highest BCUT2D eigenvalue weighted by Gasteiger charge is 2.27. The van der Waals surface area contributed by atoms with Gasteiger partial charge in [-0.25, -0.2) is 0 Å². The van der Waals surface area contributed by atoms with Crippen LogP contribution in [0, 0.1) is 0 Å². The van der Waals surface area contributed by atoms with Gasteiger partial charge in [0, 0.05) is 30.2 Å². The highest BCUT2D eigenvalue weighted by atomic mass is 35.5. The molecule has 3 heterocycles. The van der Waals surface area contributed by atoms with Crippen LogP contribution in [-0.4, -0.2) is 27.1 Å². The van der Waals surface area contributed by atoms with Crippen LogP contribution in [0.5, 0.6) is 0 Å². The summed E-state index contributed by atoms with van der Waals surface area (Å²) < 4.78 is 1.64. The van der Waals surface area contributed by atoms with Gasteiger partial charge in [-0.15, -0.1) is 22.9 Å². The van der Waals surface area contributed by atoms with Gasteiger partial charge in [0.25, 0.3) is 5.91 Å². The molecule has 0 unspecified atom stereocenters. The first-order valence-corrected chi connectivity index (χ1v) is 7.69. The molecule has 0 bridgehead atoms. The van der Waals surface area contributed by atoms with Crippen LogP contribution in [0.3, 0.4) is 0 Å². The van der Waals surface area contributed by atoms with Crippen LogP contribution in [-0.2, 0) is 25.9 Å². The molecule has 0 aromatic carbocycles. The van der Waals surface area contributed by atoms with Crippen LogP contribution in [0.1, 0.15) is 26.5 Å². The van der Waals surface area contributed by atoms with Crippen molar-refractivity contribution in [1.29, 1.82) is 0 Å². The van der Waals surface area contributed by atoms with Gasteiger partial charge in [0.05, 0.1) is 17.4 Å². The molecule has 0 spiro atoms. The molecule has 0 radical (unpaired) electrons. The highest BCUT2D eigenvalue weighted by molar-refractivity contribution is 7.16. The lowest BCUT2D eigenvalue weighted by molar-refractivity contribution is 0.0730. The van der Waals surface area contributed by atoms with Crippen LogP contribution >= 0.6 is 22.9 Å². The Labute approximate surface area is 125 Å². The van der Waals surface area contributed by atoms with Crippen molar-refractivity contribution in [2.45, 2.75) is 18.8 Å². The van der Waals surface area contributed by atoms with Crippen LogP contribution in [0.2, 0.25) is 0 Å². The monoisotopic (exact) mass is 310 g/mol. The molecule has 2 aromatic heterocycles. The third-order valence-electron chi connectivity index (χ3n) is 3.55. The van der Waals surface area contributed by atoms with Gasteiger partial charge in [-0.2, -0.15) is 5.10 Å². The van der Waals surface area contributed by atoms with E-state index in [1.165, 1.54) is 16.9 Å². The molecule has 1 aliphatic rings. The van der Waals surface area contributed by atoms with E-state index >= 15 is 0 Å². The Morgan fingerprint density at radius 1 is 1.60 bits per heavy atom. The molecule has 0 saturated carbocycles. The van der Waals surface area contributed by atoms with E-state index in [1.807, 2.05) is 4.90 Å². The van der Waals surface area contributed by atoms with Crippen molar-refractivity contribution in [1.82, 2.24) is 14.7 Å². The number of thiophene rings is 1. The fourth-order valence-electron chi connectivity index (χ4n) is 2.50. The van der Waals surface area contributed by atoms with E-state index in [1.54, 1.807) is 24.0 Å². The van der Waals surface area contributed by atoms with Gasteiger partial charge < -0.3 is 10.6 Å². The molecule has 2 aromatic rings. The van der Waals surface area contributed by atoms with Crippen LogP contribution in [0.25, 0.3) is 0 Å². The van der Waals surface area contributed by atoms with Crippen LogP contribution in [0.4, 0.5) is 5.00 Å². The molecule has 1 aliphatic heterocycles. The minimum absolute atomic E-state index is 0.0318. The number of halogens is 1. The van der Waals surface area contributed by atoms with Crippen molar-refractivity contribution in [3.8, 4) is 0 Å². The maximum absolute atomic E-state index is 12.4. The third-order valence-corrected chi connectivity index (χ3v) is 4.91. The van der Waals surface area contributed by atoms with Gasteiger partial charge in [-0.3, -0.25) is 9.48 Å². The average molecular weight is 311 g/mol. The Bertz CT molecular complexity index is 663. The largest absolute Gasteiger partial charge is 0.390 e. The second-order valence-electron chi connectivity index (χ2n) is 4.83. The molecule has 1 amide bonds. The smallest absolute Gasteiger partial charge is 0.274 e. The standard InChI is InChI=1S/C13H15ClN4OS/c1-17-4-3-10(16-17)13(19)18-5-2-8-9(6-14)12(15)20-11(8)7-18/h3-4H,2,5-7,15H2,1H3. The summed E-state index contributed by atoms with van der Waals surface area (Å²) in [6.45, 7) is 1.28. The lowest BCUT2D eigenvalue weighted by Crippen LogP contribution is -2.35. The second kappa shape index (κ2) is 5.10. The lowest BCUT2D eigenvalue weighted by Gasteiger charge is -2.26. The Morgan fingerprint density at radius 3 is 3.05 bits per heavy atom. The molecule has 20 heavy (non-hydrogen) atoms. The summed E-state index contributed by atoms with van der Waals surface area (Å²) in [5, 5.41) is 4.94. The van der Waals surface area contributed by atoms with Gasteiger partial charge in [0.1, 0.15) is 5.69 Å². The van der Waals surface area contributed by atoms with Gasteiger partial charge in [0.15, 0.2) is 0 Å².